The van der Waals surface area contributed by atoms with E-state index in [-0.39, 0.29) is 17.5 Å². The quantitative estimate of drug-likeness (QED) is 0.514. The van der Waals surface area contributed by atoms with Crippen molar-refractivity contribution in [1.82, 2.24) is 5.32 Å². The molecule has 0 aliphatic rings. The van der Waals surface area contributed by atoms with Crippen LogP contribution in [-0.4, -0.2) is 29.5 Å². The largest absolute Gasteiger partial charge is 0.464 e. The lowest BCUT2D eigenvalue weighted by Gasteiger charge is -2.15. The molecule has 0 radical (unpaired) electrons. The van der Waals surface area contributed by atoms with Crippen LogP contribution in [0.15, 0.2) is 0 Å². The van der Waals surface area contributed by atoms with Gasteiger partial charge in [0.15, 0.2) is 0 Å². The van der Waals surface area contributed by atoms with E-state index in [0.29, 0.717) is 0 Å². The maximum absolute atomic E-state index is 11.4. The van der Waals surface area contributed by atoms with E-state index in [1.54, 1.807) is 20.8 Å². The van der Waals surface area contributed by atoms with Crippen LogP contribution in [0.1, 0.15) is 20.8 Å². The van der Waals surface area contributed by atoms with Gasteiger partial charge < -0.3 is 15.8 Å². The Bertz CT molecular complexity index is 268. The van der Waals surface area contributed by atoms with Crippen molar-refractivity contribution < 1.29 is 14.3 Å². The highest BCUT2D eigenvalue weighted by Gasteiger charge is 2.21. The van der Waals surface area contributed by atoms with Crippen LogP contribution < -0.4 is 11.1 Å². The fraction of sp³-hybridized carbons (Fsp3) is 0.667. The first kappa shape index (κ1) is 13.8. The summed E-state index contributed by atoms with van der Waals surface area (Å²) in [4.78, 5) is 22.7. The van der Waals surface area contributed by atoms with Gasteiger partial charge in [-0.05, 0) is 20.8 Å². The van der Waals surface area contributed by atoms with Gasteiger partial charge in [0.05, 0.1) is 17.5 Å². The molecule has 6 heteroatoms. The minimum Gasteiger partial charge on any atom is -0.464 e. The number of rotatable bonds is 5. The van der Waals surface area contributed by atoms with Crippen molar-refractivity contribution in [2.45, 2.75) is 26.8 Å². The highest BCUT2D eigenvalue weighted by Crippen LogP contribution is 1.97. The Morgan fingerprint density at radius 3 is 2.40 bits per heavy atom. The van der Waals surface area contributed by atoms with Crippen molar-refractivity contribution in [2.24, 2.45) is 11.7 Å². The number of ether oxygens (including phenoxy) is 1. The predicted molar refractivity (Wildman–Crippen MR) is 60.2 cm³/mol. The van der Waals surface area contributed by atoms with Crippen molar-refractivity contribution in [3.05, 3.63) is 0 Å². The Hall–Kier alpha value is -1.17. The molecule has 0 bridgehead atoms. The van der Waals surface area contributed by atoms with Crippen molar-refractivity contribution in [3.63, 3.8) is 0 Å². The maximum atomic E-state index is 11.4. The molecule has 1 amide bonds. The molecule has 86 valence electrons. The summed E-state index contributed by atoms with van der Waals surface area (Å²) in [6, 6.07) is -0.686. The van der Waals surface area contributed by atoms with Gasteiger partial charge in [0, 0.05) is 0 Å². The number of carbonyl (C=O) groups excluding carboxylic acids is 2. The van der Waals surface area contributed by atoms with Crippen molar-refractivity contribution in [2.75, 3.05) is 6.61 Å². The van der Waals surface area contributed by atoms with E-state index in [0.717, 1.165) is 0 Å². The number of hydrogen-bond acceptors (Lipinski definition) is 4. The first-order valence-corrected chi connectivity index (χ1v) is 5.07. The maximum Gasteiger partial charge on any atom is 0.328 e. The zero-order valence-electron chi connectivity index (χ0n) is 9.07. The normalized spacial score (nSPS) is 13.8. The van der Waals surface area contributed by atoms with Gasteiger partial charge in [0.1, 0.15) is 6.04 Å². The third kappa shape index (κ3) is 4.73. The van der Waals surface area contributed by atoms with Gasteiger partial charge in [-0.2, -0.15) is 0 Å². The number of nitrogens with one attached hydrogen (secondary N) is 1. The van der Waals surface area contributed by atoms with E-state index < -0.39 is 17.9 Å². The van der Waals surface area contributed by atoms with E-state index in [4.69, 9.17) is 10.5 Å². The molecule has 0 spiro atoms. The summed E-state index contributed by atoms with van der Waals surface area (Å²) in [5, 5.41) is 2.46. The summed E-state index contributed by atoms with van der Waals surface area (Å²) in [7, 11) is 0. The molecule has 0 heterocycles. The Balaban J connectivity index is 4.17. The lowest BCUT2D eigenvalue weighted by Crippen LogP contribution is -2.44. The molecular formula is C9H16N2O3S. The second kappa shape index (κ2) is 6.34. The third-order valence-corrected chi connectivity index (χ3v) is 2.17. The van der Waals surface area contributed by atoms with Crippen LogP contribution in [0.25, 0.3) is 0 Å². The first-order chi connectivity index (χ1) is 6.90. The van der Waals surface area contributed by atoms with E-state index in [1.807, 2.05) is 0 Å². The molecular weight excluding hydrogens is 216 g/mol. The van der Waals surface area contributed by atoms with Gasteiger partial charge in [0.25, 0.3) is 0 Å². The molecule has 15 heavy (non-hydrogen) atoms. The van der Waals surface area contributed by atoms with Crippen LogP contribution >= 0.6 is 12.2 Å². The predicted octanol–water partition coefficient (Wildman–Crippen LogP) is -0.0236. The Kier molecular flexibility index (Phi) is 5.84. The van der Waals surface area contributed by atoms with Crippen molar-refractivity contribution in [1.29, 1.82) is 0 Å². The molecule has 0 aliphatic heterocycles. The average molecular weight is 232 g/mol. The number of nitrogens with two attached hydrogens (primary N) is 1. The van der Waals surface area contributed by atoms with Gasteiger partial charge in [-0.1, -0.05) is 12.2 Å². The summed E-state index contributed by atoms with van der Waals surface area (Å²) in [6.07, 6.45) is 0. The number of esters is 1. The summed E-state index contributed by atoms with van der Waals surface area (Å²) in [5.74, 6) is -1.43. The number of amides is 1. The van der Waals surface area contributed by atoms with Crippen molar-refractivity contribution in [3.8, 4) is 0 Å². The van der Waals surface area contributed by atoms with Gasteiger partial charge in [-0.3, -0.25) is 4.79 Å². The van der Waals surface area contributed by atoms with Crippen LogP contribution in [-0.2, 0) is 14.3 Å². The molecule has 5 nitrogen and oxygen atoms in total. The standard InChI is InChI=1S/C9H16N2O3S/c1-4-14-9(13)6(3)11-8(12)5(2)7(10)15/h5-6H,4H2,1-3H3,(H2,10,15)(H,11,12). The number of thiocarbonyl (C=S) groups is 1. The highest BCUT2D eigenvalue weighted by atomic mass is 32.1. The molecule has 0 fully saturated rings. The average Bonchev–Trinajstić information content (AvgIpc) is 2.16. The summed E-state index contributed by atoms with van der Waals surface area (Å²) >= 11 is 4.66. The second-order valence-corrected chi connectivity index (χ2v) is 3.58. The zero-order valence-corrected chi connectivity index (χ0v) is 9.89. The van der Waals surface area contributed by atoms with E-state index in [1.165, 1.54) is 0 Å². The molecule has 0 aromatic heterocycles. The highest BCUT2D eigenvalue weighted by molar-refractivity contribution is 7.80. The van der Waals surface area contributed by atoms with Crippen LogP contribution in [0.2, 0.25) is 0 Å². The molecule has 0 aromatic carbocycles. The van der Waals surface area contributed by atoms with E-state index in [2.05, 4.69) is 17.5 Å². The zero-order chi connectivity index (χ0) is 12.0. The molecule has 0 aliphatic carbocycles. The summed E-state index contributed by atoms with van der Waals surface area (Å²) in [5.41, 5.74) is 5.30. The van der Waals surface area contributed by atoms with Crippen LogP contribution in [0.3, 0.4) is 0 Å². The summed E-state index contributed by atoms with van der Waals surface area (Å²) in [6.45, 7) is 5.10. The molecule has 0 rings (SSSR count). The lowest BCUT2D eigenvalue weighted by molar-refractivity contribution is -0.147. The Morgan fingerprint density at radius 2 is 2.00 bits per heavy atom. The summed E-state index contributed by atoms with van der Waals surface area (Å²) < 4.78 is 4.73. The molecule has 2 atom stereocenters. The second-order valence-electron chi connectivity index (χ2n) is 3.11. The first-order valence-electron chi connectivity index (χ1n) is 4.66. The van der Waals surface area contributed by atoms with Gasteiger partial charge in [-0.15, -0.1) is 0 Å². The van der Waals surface area contributed by atoms with Crippen LogP contribution in [0, 0.1) is 5.92 Å². The number of carbonyl (C=O) groups is 2. The van der Waals surface area contributed by atoms with Gasteiger partial charge in [0.2, 0.25) is 5.91 Å². The molecule has 0 aromatic rings. The lowest BCUT2D eigenvalue weighted by atomic mass is 10.1. The molecule has 0 saturated carbocycles. The van der Waals surface area contributed by atoms with Crippen molar-refractivity contribution >= 4 is 29.1 Å². The number of hydrogen-bond donors (Lipinski definition) is 2. The van der Waals surface area contributed by atoms with Gasteiger partial charge >= 0.3 is 5.97 Å². The molecule has 0 saturated heterocycles. The van der Waals surface area contributed by atoms with Crippen LogP contribution in [0.5, 0.6) is 0 Å². The van der Waals surface area contributed by atoms with E-state index in [9.17, 15) is 9.59 Å². The molecule has 2 unspecified atom stereocenters. The van der Waals surface area contributed by atoms with Crippen LogP contribution in [0.4, 0.5) is 0 Å². The van der Waals surface area contributed by atoms with Gasteiger partial charge in [-0.25, -0.2) is 4.79 Å². The fourth-order valence-electron chi connectivity index (χ4n) is 0.794. The topological polar surface area (TPSA) is 81.4 Å². The smallest absolute Gasteiger partial charge is 0.328 e. The monoisotopic (exact) mass is 232 g/mol. The fourth-order valence-corrected chi connectivity index (χ4v) is 0.901. The molecule has 3 N–H and O–H groups in total. The Labute approximate surface area is 94.3 Å². The SMILES string of the molecule is CCOC(=O)C(C)NC(=O)C(C)C(N)=S. The van der Waals surface area contributed by atoms with E-state index >= 15 is 0 Å². The minimum absolute atomic E-state index is 0.101. The minimum atomic E-state index is -0.686. The Morgan fingerprint density at radius 1 is 1.47 bits per heavy atom. The third-order valence-electron chi connectivity index (χ3n) is 1.82.